The van der Waals surface area contributed by atoms with Gasteiger partial charge >= 0.3 is 0 Å². The molecule has 2 atom stereocenters. The summed E-state index contributed by atoms with van der Waals surface area (Å²) in [6.45, 7) is 6.45. The second-order valence-corrected chi connectivity index (χ2v) is 9.88. The fourth-order valence-corrected chi connectivity index (χ4v) is 6.66. The van der Waals surface area contributed by atoms with Crippen LogP contribution in [0.4, 0.5) is 0 Å². The summed E-state index contributed by atoms with van der Waals surface area (Å²) in [6.07, 6.45) is 2.98. The van der Waals surface area contributed by atoms with Gasteiger partial charge in [0.25, 0.3) is 0 Å². The minimum Gasteiger partial charge on any atom is -0.298 e. The summed E-state index contributed by atoms with van der Waals surface area (Å²) < 4.78 is 27.3. The van der Waals surface area contributed by atoms with Crippen LogP contribution < -0.4 is 0 Å². The highest BCUT2D eigenvalue weighted by molar-refractivity contribution is 7.89. The van der Waals surface area contributed by atoms with Gasteiger partial charge in [-0.2, -0.15) is 9.57 Å². The maximum Gasteiger partial charge on any atom is 0.244 e. The van der Waals surface area contributed by atoms with Gasteiger partial charge in [0, 0.05) is 47.9 Å². The number of thiophene rings is 1. The van der Waals surface area contributed by atoms with Crippen LogP contribution in [0.2, 0.25) is 0 Å². The molecule has 2 heterocycles. The Labute approximate surface area is 142 Å². The minimum absolute atomic E-state index is 0.179. The van der Waals surface area contributed by atoms with E-state index < -0.39 is 10.0 Å². The Balaban J connectivity index is 1.65. The topological polar surface area (TPSA) is 64.4 Å². The van der Waals surface area contributed by atoms with Gasteiger partial charge in [0.15, 0.2) is 0 Å². The molecule has 23 heavy (non-hydrogen) atoms. The standard InChI is InChI=1S/C16H23N3O2S2/c1-12-9-16(13(2)22-12)23(20,21)19-7-5-18(6-8-19)15-4-3-14(10-15)11-17/h9,14-15H,3-8,10H2,1-2H3/t14-,15-/m1/s1. The van der Waals surface area contributed by atoms with Crippen molar-refractivity contribution < 1.29 is 8.42 Å². The first kappa shape index (κ1) is 16.9. The van der Waals surface area contributed by atoms with Gasteiger partial charge in [-0.3, -0.25) is 4.90 Å². The van der Waals surface area contributed by atoms with E-state index >= 15 is 0 Å². The van der Waals surface area contributed by atoms with Crippen molar-refractivity contribution in [1.29, 1.82) is 5.26 Å². The molecule has 1 aromatic rings. The number of rotatable bonds is 3. The van der Waals surface area contributed by atoms with Gasteiger partial charge in [0.05, 0.1) is 11.0 Å². The van der Waals surface area contributed by atoms with E-state index in [1.807, 2.05) is 13.8 Å². The lowest BCUT2D eigenvalue weighted by molar-refractivity contribution is 0.137. The molecule has 7 heteroatoms. The highest BCUT2D eigenvalue weighted by atomic mass is 32.2. The van der Waals surface area contributed by atoms with Crippen LogP contribution >= 0.6 is 11.3 Å². The number of nitriles is 1. The van der Waals surface area contributed by atoms with E-state index in [2.05, 4.69) is 11.0 Å². The summed E-state index contributed by atoms with van der Waals surface area (Å²) in [5.74, 6) is 0.179. The Hall–Kier alpha value is -0.940. The minimum atomic E-state index is -3.37. The Bertz CT molecular complexity index is 712. The van der Waals surface area contributed by atoms with Crippen LogP contribution in [0.5, 0.6) is 0 Å². The van der Waals surface area contributed by atoms with Gasteiger partial charge in [0.1, 0.15) is 0 Å². The van der Waals surface area contributed by atoms with Crippen LogP contribution in [-0.4, -0.2) is 49.8 Å². The van der Waals surface area contributed by atoms with Crippen LogP contribution in [0.15, 0.2) is 11.0 Å². The number of piperazine rings is 1. The largest absolute Gasteiger partial charge is 0.298 e. The molecule has 2 fully saturated rings. The molecule has 0 radical (unpaired) electrons. The first-order chi connectivity index (χ1) is 10.9. The number of hydrogen-bond donors (Lipinski definition) is 0. The van der Waals surface area contributed by atoms with Crippen molar-refractivity contribution in [3.05, 3.63) is 15.8 Å². The molecule has 1 saturated heterocycles. The zero-order valence-corrected chi connectivity index (χ0v) is 15.3. The predicted molar refractivity (Wildman–Crippen MR) is 90.9 cm³/mol. The number of sulfonamides is 1. The van der Waals surface area contributed by atoms with Crippen LogP contribution in [0.1, 0.15) is 29.0 Å². The predicted octanol–water partition coefficient (Wildman–Crippen LogP) is 2.36. The molecule has 1 aliphatic carbocycles. The van der Waals surface area contributed by atoms with E-state index in [4.69, 9.17) is 5.26 Å². The lowest BCUT2D eigenvalue weighted by Gasteiger charge is -2.37. The molecule has 0 unspecified atom stereocenters. The molecule has 2 aliphatic rings. The molecule has 1 saturated carbocycles. The fourth-order valence-electron chi connectivity index (χ4n) is 3.72. The average Bonchev–Trinajstić information content (AvgIpc) is 3.14. The molecular formula is C16H23N3O2S2. The second kappa shape index (κ2) is 6.52. The first-order valence-corrected chi connectivity index (χ1v) is 10.4. The fraction of sp³-hybridized carbons (Fsp3) is 0.688. The SMILES string of the molecule is Cc1cc(S(=O)(=O)N2CCN([C@@H]3CC[C@@H](C#N)C3)CC2)c(C)s1. The summed E-state index contributed by atoms with van der Waals surface area (Å²) in [5.41, 5.74) is 0. The maximum absolute atomic E-state index is 12.8. The highest BCUT2D eigenvalue weighted by Crippen LogP contribution is 2.31. The highest BCUT2D eigenvalue weighted by Gasteiger charge is 2.35. The monoisotopic (exact) mass is 353 g/mol. The molecule has 3 rings (SSSR count). The zero-order valence-electron chi connectivity index (χ0n) is 13.7. The number of hydrogen-bond acceptors (Lipinski definition) is 5. The molecule has 126 valence electrons. The molecule has 0 spiro atoms. The van der Waals surface area contributed by atoms with E-state index in [0.717, 1.165) is 42.1 Å². The van der Waals surface area contributed by atoms with Gasteiger partial charge in [-0.1, -0.05) is 0 Å². The summed E-state index contributed by atoms with van der Waals surface area (Å²) in [4.78, 5) is 4.75. The van der Waals surface area contributed by atoms with E-state index in [-0.39, 0.29) is 5.92 Å². The lowest BCUT2D eigenvalue weighted by Crippen LogP contribution is -2.51. The molecule has 0 bridgehead atoms. The molecule has 0 aromatic carbocycles. The van der Waals surface area contributed by atoms with Crippen molar-refractivity contribution >= 4 is 21.4 Å². The molecule has 1 aromatic heterocycles. The molecule has 0 amide bonds. The van der Waals surface area contributed by atoms with Crippen molar-refractivity contribution in [2.24, 2.45) is 5.92 Å². The van der Waals surface area contributed by atoms with Crippen LogP contribution in [0, 0.1) is 31.1 Å². The van der Waals surface area contributed by atoms with E-state index in [1.165, 1.54) is 11.3 Å². The van der Waals surface area contributed by atoms with Crippen LogP contribution in [0.25, 0.3) is 0 Å². The molecule has 0 N–H and O–H groups in total. The van der Waals surface area contributed by atoms with Gasteiger partial charge < -0.3 is 0 Å². The van der Waals surface area contributed by atoms with Crippen LogP contribution in [-0.2, 0) is 10.0 Å². The third-order valence-corrected chi connectivity index (χ3v) is 8.11. The van der Waals surface area contributed by atoms with E-state index in [0.29, 0.717) is 24.0 Å². The summed E-state index contributed by atoms with van der Waals surface area (Å²) in [7, 11) is -3.37. The van der Waals surface area contributed by atoms with Gasteiger partial charge in [-0.15, -0.1) is 11.3 Å². The van der Waals surface area contributed by atoms with Gasteiger partial charge in [0.2, 0.25) is 10.0 Å². The normalized spacial score (nSPS) is 27.2. The van der Waals surface area contributed by atoms with Crippen molar-refractivity contribution in [2.75, 3.05) is 26.2 Å². The van der Waals surface area contributed by atoms with Crippen molar-refractivity contribution in [2.45, 2.75) is 44.0 Å². The van der Waals surface area contributed by atoms with Crippen LogP contribution in [0.3, 0.4) is 0 Å². The quantitative estimate of drug-likeness (QED) is 0.837. The molecule has 5 nitrogen and oxygen atoms in total. The van der Waals surface area contributed by atoms with Crippen molar-refractivity contribution in [1.82, 2.24) is 9.21 Å². The summed E-state index contributed by atoms with van der Waals surface area (Å²) in [5, 5.41) is 9.03. The summed E-state index contributed by atoms with van der Waals surface area (Å²) >= 11 is 1.54. The Morgan fingerprint density at radius 2 is 1.91 bits per heavy atom. The second-order valence-electron chi connectivity index (χ2n) is 6.51. The van der Waals surface area contributed by atoms with Crippen molar-refractivity contribution in [3.8, 4) is 6.07 Å². The third-order valence-electron chi connectivity index (χ3n) is 4.99. The number of nitrogens with zero attached hydrogens (tertiary/aromatic N) is 3. The van der Waals surface area contributed by atoms with Gasteiger partial charge in [-0.25, -0.2) is 8.42 Å². The lowest BCUT2D eigenvalue weighted by atomic mass is 10.1. The Morgan fingerprint density at radius 1 is 1.22 bits per heavy atom. The third kappa shape index (κ3) is 3.31. The molecule has 1 aliphatic heterocycles. The van der Waals surface area contributed by atoms with Gasteiger partial charge in [-0.05, 0) is 39.2 Å². The van der Waals surface area contributed by atoms with E-state index in [1.54, 1.807) is 10.4 Å². The van der Waals surface area contributed by atoms with E-state index in [9.17, 15) is 8.42 Å². The average molecular weight is 354 g/mol. The first-order valence-electron chi connectivity index (χ1n) is 8.12. The van der Waals surface area contributed by atoms with Crippen molar-refractivity contribution in [3.63, 3.8) is 0 Å². The molecular weight excluding hydrogens is 330 g/mol. The number of aryl methyl sites for hydroxylation is 2. The zero-order chi connectivity index (χ0) is 16.6. The Kier molecular flexibility index (Phi) is 4.79. The summed E-state index contributed by atoms with van der Waals surface area (Å²) in [6, 6.07) is 4.61. The maximum atomic E-state index is 12.8. The Morgan fingerprint density at radius 3 is 2.43 bits per heavy atom. The smallest absolute Gasteiger partial charge is 0.244 e.